The van der Waals surface area contributed by atoms with Gasteiger partial charge in [-0.25, -0.2) is 4.98 Å². The lowest BCUT2D eigenvalue weighted by atomic mass is 10.3. The zero-order valence-electron chi connectivity index (χ0n) is 5.24. The van der Waals surface area contributed by atoms with E-state index in [1.54, 1.807) is 0 Å². The van der Waals surface area contributed by atoms with Gasteiger partial charge in [-0.3, -0.25) is 0 Å². The Labute approximate surface area is 62.9 Å². The van der Waals surface area contributed by atoms with E-state index in [1.807, 2.05) is 24.3 Å². The van der Waals surface area contributed by atoms with Crippen LogP contribution in [0.15, 0.2) is 35.1 Å². The molecule has 0 spiro atoms. The van der Waals surface area contributed by atoms with Gasteiger partial charge >= 0.3 is 0 Å². The highest BCUT2D eigenvalue weighted by Crippen LogP contribution is 2.09. The molecule has 1 heterocycles. The number of hydrogen-bond acceptors (Lipinski definition) is 2. The van der Waals surface area contributed by atoms with Gasteiger partial charge in [0, 0.05) is 11.0 Å². The molecule has 48 valence electrons. The first-order valence-electron chi connectivity index (χ1n) is 2.75. The van der Waals surface area contributed by atoms with Gasteiger partial charge in [0.25, 0.3) is 0 Å². The molecule has 0 atom stereocenters. The highest BCUT2D eigenvalue weighted by atomic mass is 28.1. The van der Waals surface area contributed by atoms with E-state index in [0.717, 1.165) is 11.1 Å². The minimum absolute atomic E-state index is 0. The Hall–Kier alpha value is -1.09. The molecule has 0 fully saturated rings. The fourth-order valence-electron chi connectivity index (χ4n) is 0.803. The molecule has 2 nitrogen and oxygen atoms in total. The van der Waals surface area contributed by atoms with Crippen LogP contribution in [-0.2, 0) is 0 Å². The second-order valence-corrected chi connectivity index (χ2v) is 1.82. The summed E-state index contributed by atoms with van der Waals surface area (Å²) in [7, 11) is 0. The van der Waals surface area contributed by atoms with E-state index < -0.39 is 0 Å². The van der Waals surface area contributed by atoms with Gasteiger partial charge in [0.15, 0.2) is 12.0 Å². The molecule has 1 aromatic heterocycles. The number of rotatable bonds is 0. The molecule has 2 aromatic rings. The van der Waals surface area contributed by atoms with Crippen molar-refractivity contribution in [2.75, 3.05) is 0 Å². The van der Waals surface area contributed by atoms with Crippen LogP contribution in [0.1, 0.15) is 0 Å². The summed E-state index contributed by atoms with van der Waals surface area (Å²) in [4.78, 5) is 3.95. The average molecular weight is 147 g/mol. The van der Waals surface area contributed by atoms with Gasteiger partial charge in [-0.15, -0.1) is 0 Å². The van der Waals surface area contributed by atoms with Crippen LogP contribution in [0, 0.1) is 0 Å². The number of para-hydroxylation sites is 2. The first kappa shape index (κ1) is 7.02. The second-order valence-electron chi connectivity index (χ2n) is 1.82. The topological polar surface area (TPSA) is 26.0 Å². The van der Waals surface area contributed by atoms with Crippen molar-refractivity contribution in [3.05, 3.63) is 30.7 Å². The van der Waals surface area contributed by atoms with Crippen molar-refractivity contribution in [2.45, 2.75) is 0 Å². The summed E-state index contributed by atoms with van der Waals surface area (Å²) in [6, 6.07) is 7.67. The second kappa shape index (κ2) is 2.66. The molecule has 3 heteroatoms. The van der Waals surface area contributed by atoms with Crippen molar-refractivity contribution in [3.8, 4) is 0 Å². The third kappa shape index (κ3) is 0.952. The summed E-state index contributed by atoms with van der Waals surface area (Å²) in [5.74, 6) is 0. The minimum Gasteiger partial charge on any atom is -0.443 e. The fourth-order valence-corrected chi connectivity index (χ4v) is 0.803. The molecule has 0 aliphatic carbocycles. The Morgan fingerprint density at radius 3 is 2.80 bits per heavy atom. The Balaban J connectivity index is 0.000000500. The molecule has 0 saturated heterocycles. The Kier molecular flexibility index (Phi) is 1.87. The van der Waals surface area contributed by atoms with Crippen molar-refractivity contribution < 1.29 is 4.42 Å². The maximum absolute atomic E-state index is 5.01. The summed E-state index contributed by atoms with van der Waals surface area (Å²) in [5, 5.41) is 0. The lowest BCUT2D eigenvalue weighted by Gasteiger charge is -1.79. The van der Waals surface area contributed by atoms with Gasteiger partial charge in [0.2, 0.25) is 0 Å². The quantitative estimate of drug-likeness (QED) is 0.527. The molecule has 0 saturated carbocycles. The zero-order chi connectivity index (χ0) is 6.10. The predicted octanol–water partition coefficient (Wildman–Crippen LogP) is 1.45. The van der Waals surface area contributed by atoms with E-state index in [1.165, 1.54) is 6.39 Å². The van der Waals surface area contributed by atoms with E-state index in [2.05, 4.69) is 4.98 Å². The minimum atomic E-state index is 0. The first-order chi connectivity index (χ1) is 4.47. The normalized spacial score (nSPS) is 9.20. The van der Waals surface area contributed by atoms with Gasteiger partial charge in [-0.2, -0.15) is 0 Å². The summed E-state index contributed by atoms with van der Waals surface area (Å²) in [6.45, 7) is 0. The van der Waals surface area contributed by atoms with Gasteiger partial charge in [-0.05, 0) is 12.1 Å². The zero-order valence-corrected chi connectivity index (χ0v) is 6.24. The molecule has 0 aliphatic heterocycles. The van der Waals surface area contributed by atoms with Gasteiger partial charge in [0.05, 0.1) is 0 Å². The Morgan fingerprint density at radius 2 is 2.00 bits per heavy atom. The van der Waals surface area contributed by atoms with Crippen molar-refractivity contribution in [1.82, 2.24) is 4.98 Å². The van der Waals surface area contributed by atoms with Crippen LogP contribution in [0.25, 0.3) is 11.1 Å². The summed E-state index contributed by atoms with van der Waals surface area (Å²) in [6.07, 6.45) is 1.45. The number of nitrogens with zero attached hydrogens (tertiary/aromatic N) is 1. The number of aromatic nitrogens is 1. The van der Waals surface area contributed by atoms with Crippen molar-refractivity contribution in [1.29, 1.82) is 0 Å². The lowest BCUT2D eigenvalue weighted by Crippen LogP contribution is -1.61. The molecule has 1 aromatic carbocycles. The average Bonchev–Trinajstić information content (AvgIpc) is 2.33. The maximum atomic E-state index is 5.01. The predicted molar refractivity (Wildman–Crippen MR) is 39.8 cm³/mol. The Morgan fingerprint density at radius 1 is 1.20 bits per heavy atom. The van der Waals surface area contributed by atoms with Crippen LogP contribution in [0.3, 0.4) is 0 Å². The van der Waals surface area contributed by atoms with Gasteiger partial charge in [-0.1, -0.05) is 12.1 Å². The number of hydrogen-bond donors (Lipinski definition) is 0. The van der Waals surface area contributed by atoms with Gasteiger partial charge < -0.3 is 4.42 Å². The highest BCUT2D eigenvalue weighted by Gasteiger charge is 1.91. The lowest BCUT2D eigenvalue weighted by molar-refractivity contribution is 0.602. The molecule has 0 amide bonds. The van der Waals surface area contributed by atoms with Crippen LogP contribution in [0.5, 0.6) is 0 Å². The molecule has 0 aliphatic rings. The molecule has 2 rings (SSSR count). The third-order valence-corrected chi connectivity index (χ3v) is 1.24. The van der Waals surface area contributed by atoms with Crippen molar-refractivity contribution >= 4 is 22.1 Å². The van der Waals surface area contributed by atoms with Crippen molar-refractivity contribution in [3.63, 3.8) is 0 Å². The molecule has 0 N–H and O–H groups in total. The van der Waals surface area contributed by atoms with E-state index in [9.17, 15) is 0 Å². The van der Waals surface area contributed by atoms with E-state index in [0.29, 0.717) is 0 Å². The van der Waals surface area contributed by atoms with E-state index >= 15 is 0 Å². The fraction of sp³-hybridized carbons (Fsp3) is 0. The monoisotopic (exact) mass is 147 g/mol. The number of benzene rings is 1. The van der Waals surface area contributed by atoms with Crippen LogP contribution in [0.2, 0.25) is 0 Å². The smallest absolute Gasteiger partial charge is 0.181 e. The first-order valence-corrected chi connectivity index (χ1v) is 2.75. The molecule has 10 heavy (non-hydrogen) atoms. The van der Waals surface area contributed by atoms with Crippen molar-refractivity contribution in [2.24, 2.45) is 0 Å². The summed E-state index contributed by atoms with van der Waals surface area (Å²) in [5.41, 5.74) is 1.76. The molecule has 0 bridgehead atoms. The standard InChI is InChI=1S/C7H5NO.Si/c1-2-4-7-6(3-1)8-5-9-7;/h1-5H;. The van der Waals surface area contributed by atoms with Crippen LogP contribution in [0.4, 0.5) is 0 Å². The largest absolute Gasteiger partial charge is 0.443 e. The highest BCUT2D eigenvalue weighted by molar-refractivity contribution is 5.75. The molecule has 0 unspecified atom stereocenters. The van der Waals surface area contributed by atoms with E-state index in [-0.39, 0.29) is 11.0 Å². The molecule has 4 radical (unpaired) electrons. The summed E-state index contributed by atoms with van der Waals surface area (Å²) >= 11 is 0. The third-order valence-electron chi connectivity index (χ3n) is 1.24. The number of oxazole rings is 1. The molecular weight excluding hydrogens is 142 g/mol. The SMILES string of the molecule is [Si].c1ccc2ocnc2c1. The number of fused-ring (bicyclic) bond motifs is 1. The van der Waals surface area contributed by atoms with Gasteiger partial charge in [0.1, 0.15) is 5.52 Å². The Bertz CT molecular complexity index is 288. The van der Waals surface area contributed by atoms with Crippen LogP contribution in [-0.4, -0.2) is 15.9 Å². The van der Waals surface area contributed by atoms with Crippen LogP contribution < -0.4 is 0 Å². The summed E-state index contributed by atoms with van der Waals surface area (Å²) < 4.78 is 5.01. The van der Waals surface area contributed by atoms with Crippen LogP contribution >= 0.6 is 0 Å². The molecular formula is C7H5NOSi. The maximum Gasteiger partial charge on any atom is 0.181 e. The van der Waals surface area contributed by atoms with E-state index in [4.69, 9.17) is 4.42 Å².